The Balaban J connectivity index is 1.92. The molecule has 3 rings (SSSR count). The number of carbonyl (C=O) groups is 1. The van der Waals surface area contributed by atoms with Crippen LogP contribution in [-0.2, 0) is 4.74 Å². The highest BCUT2D eigenvalue weighted by molar-refractivity contribution is 6.02. The first kappa shape index (κ1) is 11.2. The van der Waals surface area contributed by atoms with Gasteiger partial charge in [-0.2, -0.15) is 0 Å². The number of rotatable bonds is 2. The summed E-state index contributed by atoms with van der Waals surface area (Å²) in [5, 5.41) is 3.12. The van der Waals surface area contributed by atoms with Gasteiger partial charge in [-0.15, -0.1) is 0 Å². The lowest BCUT2D eigenvalue weighted by molar-refractivity contribution is 0.0607. The number of nitrogens with one attached hydrogen (secondary N) is 3. The van der Waals surface area contributed by atoms with Crippen molar-refractivity contribution in [3.05, 3.63) is 34.2 Å². The Hall–Kier alpha value is -1.92. The highest BCUT2D eigenvalue weighted by atomic mass is 16.5. The molecule has 1 unspecified atom stereocenters. The molecule has 1 fully saturated rings. The van der Waals surface area contributed by atoms with Crippen LogP contribution in [0.5, 0.6) is 0 Å². The molecule has 18 heavy (non-hydrogen) atoms. The zero-order chi connectivity index (χ0) is 12.5. The fourth-order valence-corrected chi connectivity index (χ4v) is 2.12. The van der Waals surface area contributed by atoms with Crippen LogP contribution in [0.1, 0.15) is 10.4 Å². The average molecular weight is 247 g/mol. The van der Waals surface area contributed by atoms with E-state index in [0.717, 1.165) is 0 Å². The van der Waals surface area contributed by atoms with Gasteiger partial charge in [0.15, 0.2) is 5.78 Å². The highest BCUT2D eigenvalue weighted by Gasteiger charge is 2.22. The van der Waals surface area contributed by atoms with E-state index in [1.807, 2.05) is 0 Å². The Bertz CT molecular complexity index is 637. The van der Waals surface area contributed by atoms with Crippen LogP contribution in [0.25, 0.3) is 11.0 Å². The normalized spacial score (nSPS) is 20.1. The van der Waals surface area contributed by atoms with Crippen LogP contribution in [0.2, 0.25) is 0 Å². The van der Waals surface area contributed by atoms with Gasteiger partial charge in [0, 0.05) is 12.1 Å². The minimum absolute atomic E-state index is 0.0151. The molecule has 1 aliphatic heterocycles. The van der Waals surface area contributed by atoms with E-state index in [9.17, 15) is 9.59 Å². The topological polar surface area (TPSA) is 87.0 Å². The number of carbonyl (C=O) groups excluding carboxylic acids is 1. The van der Waals surface area contributed by atoms with E-state index in [1.165, 1.54) is 0 Å². The number of Topliss-reactive ketones (excluding diaryl/α,β-unsaturated/α-hetero) is 1. The van der Waals surface area contributed by atoms with Crippen molar-refractivity contribution < 1.29 is 9.53 Å². The molecular formula is C12H13N3O3. The maximum atomic E-state index is 12.2. The minimum atomic E-state index is -0.304. The average Bonchev–Trinajstić information content (AvgIpc) is 2.78. The predicted molar refractivity (Wildman–Crippen MR) is 65.9 cm³/mol. The minimum Gasteiger partial charge on any atom is -0.378 e. The molecule has 0 radical (unpaired) electrons. The quantitative estimate of drug-likeness (QED) is 0.653. The van der Waals surface area contributed by atoms with Gasteiger partial charge in [0.25, 0.3) is 0 Å². The number of hydrogen-bond acceptors (Lipinski definition) is 4. The van der Waals surface area contributed by atoms with Crippen molar-refractivity contribution in [2.75, 3.05) is 19.8 Å². The van der Waals surface area contributed by atoms with Crippen molar-refractivity contribution in [1.82, 2.24) is 15.3 Å². The van der Waals surface area contributed by atoms with Gasteiger partial charge in [-0.25, -0.2) is 4.79 Å². The summed E-state index contributed by atoms with van der Waals surface area (Å²) >= 11 is 0. The van der Waals surface area contributed by atoms with Gasteiger partial charge in [-0.3, -0.25) is 4.79 Å². The molecule has 0 spiro atoms. The summed E-state index contributed by atoms with van der Waals surface area (Å²) in [6.45, 7) is 1.70. The predicted octanol–water partition coefficient (Wildman–Crippen LogP) is 0.0273. The second-order valence-corrected chi connectivity index (χ2v) is 4.29. The molecule has 0 saturated carbocycles. The standard InChI is InChI=1S/C12H13N3O3/c16-11(10-6-18-4-3-13-10)7-1-2-8-9(5-7)15-12(17)14-8/h1-2,5,10,13H,3-4,6H2,(H2,14,15,17). The molecule has 0 aliphatic carbocycles. The van der Waals surface area contributed by atoms with Crippen LogP contribution in [0.4, 0.5) is 0 Å². The number of ether oxygens (including phenoxy) is 1. The van der Waals surface area contributed by atoms with Gasteiger partial charge in [0.2, 0.25) is 0 Å². The molecule has 3 N–H and O–H groups in total. The van der Waals surface area contributed by atoms with Crippen LogP contribution >= 0.6 is 0 Å². The summed E-state index contributed by atoms with van der Waals surface area (Å²) in [7, 11) is 0. The number of benzene rings is 1. The number of fused-ring (bicyclic) bond motifs is 1. The van der Waals surface area contributed by atoms with Crippen molar-refractivity contribution in [3.63, 3.8) is 0 Å². The SMILES string of the molecule is O=C(c1ccc2[nH]c(=O)[nH]c2c1)C1COCCN1. The molecule has 1 aromatic heterocycles. The number of hydrogen-bond donors (Lipinski definition) is 3. The van der Waals surface area contributed by atoms with Crippen molar-refractivity contribution in [1.29, 1.82) is 0 Å². The largest absolute Gasteiger partial charge is 0.378 e. The molecule has 94 valence electrons. The van der Waals surface area contributed by atoms with E-state index in [2.05, 4.69) is 15.3 Å². The Morgan fingerprint density at radius 1 is 1.28 bits per heavy atom. The third-order valence-electron chi connectivity index (χ3n) is 3.04. The first-order valence-corrected chi connectivity index (χ1v) is 5.81. The van der Waals surface area contributed by atoms with E-state index in [1.54, 1.807) is 18.2 Å². The van der Waals surface area contributed by atoms with Crippen LogP contribution in [0.3, 0.4) is 0 Å². The zero-order valence-corrected chi connectivity index (χ0v) is 9.66. The molecule has 1 saturated heterocycles. The Morgan fingerprint density at radius 3 is 2.89 bits per heavy atom. The first-order valence-electron chi connectivity index (χ1n) is 5.81. The van der Waals surface area contributed by atoms with Gasteiger partial charge < -0.3 is 20.0 Å². The molecule has 2 aromatic rings. The third-order valence-corrected chi connectivity index (χ3v) is 3.04. The smallest absolute Gasteiger partial charge is 0.323 e. The van der Waals surface area contributed by atoms with Gasteiger partial charge in [-0.05, 0) is 18.2 Å². The number of morpholine rings is 1. The molecular weight excluding hydrogens is 234 g/mol. The van der Waals surface area contributed by atoms with Crippen LogP contribution in [0.15, 0.2) is 23.0 Å². The zero-order valence-electron chi connectivity index (χ0n) is 9.66. The summed E-state index contributed by atoms with van der Waals surface area (Å²) in [5.41, 5.74) is 1.64. The lowest BCUT2D eigenvalue weighted by Gasteiger charge is -2.22. The number of H-pyrrole nitrogens is 2. The summed E-state index contributed by atoms with van der Waals surface area (Å²) in [6, 6.07) is 4.82. The van der Waals surface area contributed by atoms with Gasteiger partial charge >= 0.3 is 5.69 Å². The molecule has 1 atom stereocenters. The molecule has 0 amide bonds. The number of imidazole rings is 1. The van der Waals surface area contributed by atoms with Gasteiger partial charge in [0.1, 0.15) is 0 Å². The van der Waals surface area contributed by atoms with Crippen molar-refractivity contribution in [2.24, 2.45) is 0 Å². The van der Waals surface area contributed by atoms with E-state index in [-0.39, 0.29) is 17.5 Å². The number of aromatic nitrogens is 2. The fraction of sp³-hybridized carbons (Fsp3) is 0.333. The van der Waals surface area contributed by atoms with Crippen LogP contribution in [-0.4, -0.2) is 41.6 Å². The maximum Gasteiger partial charge on any atom is 0.323 e. The van der Waals surface area contributed by atoms with E-state index in [4.69, 9.17) is 4.74 Å². The molecule has 1 aliphatic rings. The Kier molecular flexibility index (Phi) is 2.73. The van der Waals surface area contributed by atoms with Crippen LogP contribution < -0.4 is 11.0 Å². The lowest BCUT2D eigenvalue weighted by atomic mass is 10.0. The fourth-order valence-electron chi connectivity index (χ4n) is 2.12. The second-order valence-electron chi connectivity index (χ2n) is 4.29. The van der Waals surface area contributed by atoms with E-state index >= 15 is 0 Å². The van der Waals surface area contributed by atoms with Crippen molar-refractivity contribution in [2.45, 2.75) is 6.04 Å². The summed E-state index contributed by atoms with van der Waals surface area (Å²) in [6.07, 6.45) is 0. The molecule has 1 aromatic carbocycles. The van der Waals surface area contributed by atoms with Crippen LogP contribution in [0, 0.1) is 0 Å². The molecule has 2 heterocycles. The number of ketones is 1. The molecule has 6 heteroatoms. The summed E-state index contributed by atoms with van der Waals surface area (Å²) in [4.78, 5) is 28.6. The second kappa shape index (κ2) is 4.40. The van der Waals surface area contributed by atoms with Gasteiger partial charge in [-0.1, -0.05) is 0 Å². The van der Waals surface area contributed by atoms with Crippen molar-refractivity contribution >= 4 is 16.8 Å². The lowest BCUT2D eigenvalue weighted by Crippen LogP contribution is -2.46. The third kappa shape index (κ3) is 1.96. The Morgan fingerprint density at radius 2 is 2.11 bits per heavy atom. The van der Waals surface area contributed by atoms with Crippen molar-refractivity contribution in [3.8, 4) is 0 Å². The monoisotopic (exact) mass is 247 g/mol. The highest BCUT2D eigenvalue weighted by Crippen LogP contribution is 2.13. The number of aromatic amines is 2. The Labute approximate surface area is 102 Å². The van der Waals surface area contributed by atoms with E-state index < -0.39 is 0 Å². The first-order chi connectivity index (χ1) is 8.74. The molecule has 6 nitrogen and oxygen atoms in total. The molecule has 0 bridgehead atoms. The summed E-state index contributed by atoms with van der Waals surface area (Å²) in [5.74, 6) is -0.0151. The summed E-state index contributed by atoms with van der Waals surface area (Å²) < 4.78 is 5.27. The van der Waals surface area contributed by atoms with E-state index in [0.29, 0.717) is 36.4 Å². The maximum absolute atomic E-state index is 12.2. The van der Waals surface area contributed by atoms with Gasteiger partial charge in [0.05, 0.1) is 30.3 Å².